The molecule has 112 valence electrons. The zero-order valence-electron chi connectivity index (χ0n) is 13.2. The average Bonchev–Trinajstić information content (AvgIpc) is 2.63. The molecule has 0 heterocycles. The summed E-state index contributed by atoms with van der Waals surface area (Å²) < 4.78 is 6.27. The van der Waals surface area contributed by atoms with Gasteiger partial charge in [-0.1, -0.05) is 32.8 Å². The number of rotatable bonds is 4. The molecule has 0 aromatic heterocycles. The number of ether oxygens (including phenoxy) is 1. The summed E-state index contributed by atoms with van der Waals surface area (Å²) in [7, 11) is 0. The van der Waals surface area contributed by atoms with Crippen molar-refractivity contribution in [3.63, 3.8) is 0 Å². The molecule has 1 aromatic rings. The van der Waals surface area contributed by atoms with Gasteiger partial charge in [0, 0.05) is 5.92 Å². The van der Waals surface area contributed by atoms with Crippen molar-refractivity contribution < 1.29 is 4.74 Å². The molecule has 1 aliphatic carbocycles. The normalized spacial score (nSPS) is 23.6. The molecule has 0 bridgehead atoms. The Bertz CT molecular complexity index is 427. The third-order valence-corrected chi connectivity index (χ3v) is 4.54. The fourth-order valence-electron chi connectivity index (χ4n) is 3.32. The zero-order valence-corrected chi connectivity index (χ0v) is 13.2. The summed E-state index contributed by atoms with van der Waals surface area (Å²) in [6, 6.07) is 6.53. The van der Waals surface area contributed by atoms with E-state index in [0.29, 0.717) is 17.9 Å². The number of aryl methyl sites for hydroxylation is 1. The topological polar surface area (TPSA) is 35.2 Å². The third kappa shape index (κ3) is 3.76. The maximum Gasteiger partial charge on any atom is 0.120 e. The van der Waals surface area contributed by atoms with Crippen molar-refractivity contribution in [3.05, 3.63) is 29.3 Å². The summed E-state index contributed by atoms with van der Waals surface area (Å²) in [6.45, 7) is 7.39. The SMILES string of the molecule is Cc1cc(OC2CCCCCC2CN)ccc1C(C)C. The van der Waals surface area contributed by atoms with Gasteiger partial charge >= 0.3 is 0 Å². The van der Waals surface area contributed by atoms with Crippen molar-refractivity contribution in [2.75, 3.05) is 6.54 Å². The molecule has 1 aromatic carbocycles. The van der Waals surface area contributed by atoms with Crippen molar-refractivity contribution >= 4 is 0 Å². The molecular formula is C18H29NO. The van der Waals surface area contributed by atoms with Crippen LogP contribution in [0.4, 0.5) is 0 Å². The van der Waals surface area contributed by atoms with Gasteiger partial charge in [-0.25, -0.2) is 0 Å². The molecule has 0 saturated heterocycles. The van der Waals surface area contributed by atoms with Gasteiger partial charge in [0.05, 0.1) is 0 Å². The second kappa shape index (κ2) is 7.12. The Kier molecular flexibility index (Phi) is 5.47. The number of benzene rings is 1. The van der Waals surface area contributed by atoms with E-state index in [1.165, 1.54) is 36.8 Å². The van der Waals surface area contributed by atoms with Crippen molar-refractivity contribution in [3.8, 4) is 5.75 Å². The first-order chi connectivity index (χ1) is 9.61. The van der Waals surface area contributed by atoms with Crippen LogP contribution in [0.25, 0.3) is 0 Å². The lowest BCUT2D eigenvalue weighted by Crippen LogP contribution is -2.31. The Morgan fingerprint density at radius 2 is 1.95 bits per heavy atom. The highest BCUT2D eigenvalue weighted by Gasteiger charge is 2.24. The minimum atomic E-state index is 0.298. The van der Waals surface area contributed by atoms with Crippen LogP contribution in [-0.4, -0.2) is 12.6 Å². The van der Waals surface area contributed by atoms with Crippen molar-refractivity contribution in [2.24, 2.45) is 11.7 Å². The van der Waals surface area contributed by atoms with Crippen LogP contribution in [0.3, 0.4) is 0 Å². The molecule has 2 N–H and O–H groups in total. The number of hydrogen-bond acceptors (Lipinski definition) is 2. The fourth-order valence-corrected chi connectivity index (χ4v) is 3.32. The molecule has 1 fully saturated rings. The average molecular weight is 275 g/mol. The lowest BCUT2D eigenvalue weighted by Gasteiger charge is -2.25. The van der Waals surface area contributed by atoms with Crippen LogP contribution < -0.4 is 10.5 Å². The highest BCUT2D eigenvalue weighted by Crippen LogP contribution is 2.29. The summed E-state index contributed by atoms with van der Waals surface area (Å²) in [4.78, 5) is 0. The molecule has 2 unspecified atom stereocenters. The monoisotopic (exact) mass is 275 g/mol. The van der Waals surface area contributed by atoms with E-state index in [1.54, 1.807) is 0 Å². The van der Waals surface area contributed by atoms with E-state index in [-0.39, 0.29) is 0 Å². The second-order valence-electron chi connectivity index (χ2n) is 6.46. The van der Waals surface area contributed by atoms with Gasteiger partial charge in [-0.2, -0.15) is 0 Å². The van der Waals surface area contributed by atoms with Gasteiger partial charge in [-0.3, -0.25) is 0 Å². The van der Waals surface area contributed by atoms with Crippen LogP contribution in [0.1, 0.15) is 63.0 Å². The molecule has 0 aliphatic heterocycles. The molecule has 2 rings (SSSR count). The van der Waals surface area contributed by atoms with Crippen LogP contribution in [0, 0.1) is 12.8 Å². The summed E-state index contributed by atoms with van der Waals surface area (Å²) in [5.41, 5.74) is 8.67. The van der Waals surface area contributed by atoms with Gasteiger partial charge in [0.2, 0.25) is 0 Å². The molecular weight excluding hydrogens is 246 g/mol. The highest BCUT2D eigenvalue weighted by molar-refractivity contribution is 5.36. The van der Waals surface area contributed by atoms with Crippen molar-refractivity contribution in [2.45, 2.75) is 64.9 Å². The van der Waals surface area contributed by atoms with E-state index < -0.39 is 0 Å². The largest absolute Gasteiger partial charge is 0.490 e. The summed E-state index contributed by atoms with van der Waals surface area (Å²) in [6.07, 6.45) is 6.54. The van der Waals surface area contributed by atoms with Gasteiger partial charge in [0.15, 0.2) is 0 Å². The van der Waals surface area contributed by atoms with Gasteiger partial charge in [-0.15, -0.1) is 0 Å². The molecule has 20 heavy (non-hydrogen) atoms. The van der Waals surface area contributed by atoms with Crippen molar-refractivity contribution in [1.82, 2.24) is 0 Å². The Morgan fingerprint density at radius 3 is 2.60 bits per heavy atom. The molecule has 2 nitrogen and oxygen atoms in total. The van der Waals surface area contributed by atoms with Gasteiger partial charge in [0.1, 0.15) is 11.9 Å². The predicted molar refractivity (Wildman–Crippen MR) is 85.3 cm³/mol. The quantitative estimate of drug-likeness (QED) is 0.826. The van der Waals surface area contributed by atoms with E-state index in [2.05, 4.69) is 39.0 Å². The maximum atomic E-state index is 6.27. The summed E-state index contributed by atoms with van der Waals surface area (Å²) in [5, 5.41) is 0. The molecule has 0 spiro atoms. The van der Waals surface area contributed by atoms with Crippen LogP contribution in [0.15, 0.2) is 18.2 Å². The lowest BCUT2D eigenvalue weighted by molar-refractivity contribution is 0.129. The van der Waals surface area contributed by atoms with Crippen LogP contribution in [-0.2, 0) is 0 Å². The minimum Gasteiger partial charge on any atom is -0.490 e. The van der Waals surface area contributed by atoms with E-state index in [4.69, 9.17) is 10.5 Å². The summed E-state index contributed by atoms with van der Waals surface area (Å²) >= 11 is 0. The molecule has 0 radical (unpaired) electrons. The van der Waals surface area contributed by atoms with Gasteiger partial charge < -0.3 is 10.5 Å². The first kappa shape index (κ1) is 15.4. The number of nitrogens with two attached hydrogens (primary N) is 1. The summed E-state index contributed by atoms with van der Waals surface area (Å²) in [5.74, 6) is 2.10. The standard InChI is InChI=1S/C18H29NO/c1-13(2)17-10-9-16(11-14(17)3)20-18-8-6-4-5-7-15(18)12-19/h9-11,13,15,18H,4-8,12,19H2,1-3H3. The smallest absolute Gasteiger partial charge is 0.120 e. The van der Waals surface area contributed by atoms with Gasteiger partial charge in [-0.05, 0) is 61.9 Å². The Balaban J connectivity index is 2.09. The Labute approximate surface area is 123 Å². The van der Waals surface area contributed by atoms with Crippen LogP contribution in [0.5, 0.6) is 5.75 Å². The predicted octanol–water partition coefficient (Wildman–Crippen LogP) is 4.40. The highest BCUT2D eigenvalue weighted by atomic mass is 16.5. The van der Waals surface area contributed by atoms with E-state index in [0.717, 1.165) is 18.7 Å². The molecule has 1 aliphatic rings. The Morgan fingerprint density at radius 1 is 1.20 bits per heavy atom. The lowest BCUT2D eigenvalue weighted by atomic mass is 9.96. The van der Waals surface area contributed by atoms with Crippen molar-refractivity contribution in [1.29, 1.82) is 0 Å². The maximum absolute atomic E-state index is 6.27. The molecule has 1 saturated carbocycles. The van der Waals surface area contributed by atoms with E-state index >= 15 is 0 Å². The Hall–Kier alpha value is -1.02. The molecule has 2 heteroatoms. The second-order valence-corrected chi connectivity index (χ2v) is 6.46. The first-order valence-corrected chi connectivity index (χ1v) is 8.09. The molecule has 2 atom stereocenters. The molecule has 0 amide bonds. The van der Waals surface area contributed by atoms with E-state index in [9.17, 15) is 0 Å². The first-order valence-electron chi connectivity index (χ1n) is 8.09. The fraction of sp³-hybridized carbons (Fsp3) is 0.667. The third-order valence-electron chi connectivity index (χ3n) is 4.54. The number of hydrogen-bond donors (Lipinski definition) is 1. The van der Waals surface area contributed by atoms with Gasteiger partial charge in [0.25, 0.3) is 0 Å². The zero-order chi connectivity index (χ0) is 14.5. The van der Waals surface area contributed by atoms with Crippen LogP contribution in [0.2, 0.25) is 0 Å². The van der Waals surface area contributed by atoms with Crippen LogP contribution >= 0.6 is 0 Å². The van der Waals surface area contributed by atoms with E-state index in [1.807, 2.05) is 0 Å². The minimum absolute atomic E-state index is 0.298.